The fraction of sp³-hybridized carbons (Fsp3) is 0. The third kappa shape index (κ3) is 3.75. The van der Waals surface area contributed by atoms with Crippen molar-refractivity contribution in [2.45, 2.75) is 0 Å². The lowest BCUT2D eigenvalue weighted by atomic mass is 10.0. The first-order valence-electron chi connectivity index (χ1n) is 8.61. The summed E-state index contributed by atoms with van der Waals surface area (Å²) in [5, 5.41) is 3.49. The van der Waals surface area contributed by atoms with Crippen LogP contribution >= 0.6 is 23.2 Å². The average Bonchev–Trinajstić information content (AvgIpc) is 2.91. The van der Waals surface area contributed by atoms with E-state index in [-0.39, 0.29) is 17.0 Å². The molecule has 7 heteroatoms. The number of halogens is 3. The molecule has 2 amide bonds. The Morgan fingerprint density at radius 2 is 1.48 bits per heavy atom. The predicted molar refractivity (Wildman–Crippen MR) is 112 cm³/mol. The van der Waals surface area contributed by atoms with E-state index in [4.69, 9.17) is 23.2 Å². The van der Waals surface area contributed by atoms with Crippen LogP contribution in [0.3, 0.4) is 0 Å². The van der Waals surface area contributed by atoms with Crippen molar-refractivity contribution in [1.82, 2.24) is 0 Å². The van der Waals surface area contributed by atoms with E-state index in [1.54, 1.807) is 36.4 Å². The Balaban J connectivity index is 1.84. The minimum absolute atomic E-state index is 0.0443. The number of rotatable bonds is 4. The van der Waals surface area contributed by atoms with E-state index >= 15 is 0 Å². The number of amides is 2. The molecular formula is C22H13Cl2FN2O2. The summed E-state index contributed by atoms with van der Waals surface area (Å²) >= 11 is 12.1. The zero-order valence-electron chi connectivity index (χ0n) is 14.8. The van der Waals surface area contributed by atoms with Crippen molar-refractivity contribution in [2.75, 3.05) is 10.2 Å². The van der Waals surface area contributed by atoms with Gasteiger partial charge in [-0.3, -0.25) is 9.59 Å². The molecule has 4 nitrogen and oxygen atoms in total. The van der Waals surface area contributed by atoms with Crippen molar-refractivity contribution in [3.8, 4) is 0 Å². The molecule has 0 aliphatic carbocycles. The number of nitrogens with zero attached hydrogens (tertiary/aromatic N) is 1. The van der Waals surface area contributed by atoms with Gasteiger partial charge in [0.25, 0.3) is 11.8 Å². The Morgan fingerprint density at radius 1 is 0.793 bits per heavy atom. The number of anilines is 2. The summed E-state index contributed by atoms with van der Waals surface area (Å²) in [5.74, 6) is -1.58. The minimum Gasteiger partial charge on any atom is -0.350 e. The van der Waals surface area contributed by atoms with Crippen LogP contribution in [-0.4, -0.2) is 11.8 Å². The quantitative estimate of drug-likeness (QED) is 0.558. The van der Waals surface area contributed by atoms with Crippen molar-refractivity contribution in [3.63, 3.8) is 0 Å². The van der Waals surface area contributed by atoms with Gasteiger partial charge >= 0.3 is 0 Å². The van der Waals surface area contributed by atoms with Crippen molar-refractivity contribution < 1.29 is 14.0 Å². The Hall–Kier alpha value is -3.15. The number of nitrogens with one attached hydrogen (secondary N) is 1. The standard InChI is InChI=1S/C22H13Cl2FN2O2/c23-14-9-15(24)11-18(10-14)27-21(28)19(13-5-2-1-3-6-13)20(22(27)29)26-17-8-4-7-16(25)12-17/h1-12,26H. The van der Waals surface area contributed by atoms with Crippen LogP contribution in [0, 0.1) is 5.82 Å². The topological polar surface area (TPSA) is 49.4 Å². The molecule has 29 heavy (non-hydrogen) atoms. The van der Waals surface area contributed by atoms with Gasteiger partial charge in [0.1, 0.15) is 11.5 Å². The van der Waals surface area contributed by atoms with Crippen LogP contribution in [0.1, 0.15) is 5.56 Å². The first-order valence-corrected chi connectivity index (χ1v) is 9.37. The number of hydrogen-bond donors (Lipinski definition) is 1. The highest BCUT2D eigenvalue weighted by molar-refractivity contribution is 6.46. The van der Waals surface area contributed by atoms with Gasteiger partial charge in [-0.15, -0.1) is 0 Å². The number of imide groups is 1. The number of hydrogen-bond acceptors (Lipinski definition) is 3. The summed E-state index contributed by atoms with van der Waals surface area (Å²) in [6.45, 7) is 0. The molecule has 1 N–H and O–H groups in total. The van der Waals surface area contributed by atoms with E-state index in [1.165, 1.54) is 36.4 Å². The molecule has 0 aromatic heterocycles. The summed E-state index contributed by atoms with van der Waals surface area (Å²) in [5.41, 5.74) is 1.38. The molecule has 0 saturated heterocycles. The van der Waals surface area contributed by atoms with Gasteiger partial charge in [-0.25, -0.2) is 9.29 Å². The third-order valence-corrected chi connectivity index (χ3v) is 4.78. The van der Waals surface area contributed by atoms with Crippen molar-refractivity contribution in [2.24, 2.45) is 0 Å². The van der Waals surface area contributed by atoms with Gasteiger partial charge in [0.2, 0.25) is 0 Å². The summed E-state index contributed by atoms with van der Waals surface area (Å²) in [4.78, 5) is 27.5. The van der Waals surface area contributed by atoms with Crippen molar-refractivity contribution in [3.05, 3.63) is 99.9 Å². The average molecular weight is 427 g/mol. The smallest absolute Gasteiger partial charge is 0.282 e. The molecule has 3 aromatic carbocycles. The second-order valence-electron chi connectivity index (χ2n) is 6.32. The normalized spacial score (nSPS) is 14.0. The molecule has 0 unspecified atom stereocenters. The molecule has 3 aromatic rings. The molecule has 1 aliphatic rings. The zero-order chi connectivity index (χ0) is 20.5. The predicted octanol–water partition coefficient (Wildman–Crippen LogP) is 5.53. The highest BCUT2D eigenvalue weighted by atomic mass is 35.5. The van der Waals surface area contributed by atoms with Crippen LogP contribution in [0.25, 0.3) is 5.57 Å². The van der Waals surface area contributed by atoms with E-state index in [1.807, 2.05) is 0 Å². The fourth-order valence-electron chi connectivity index (χ4n) is 3.13. The lowest BCUT2D eigenvalue weighted by Crippen LogP contribution is -2.32. The van der Waals surface area contributed by atoms with Crippen LogP contribution < -0.4 is 10.2 Å². The molecule has 0 atom stereocenters. The largest absolute Gasteiger partial charge is 0.350 e. The van der Waals surface area contributed by atoms with Gasteiger partial charge < -0.3 is 5.32 Å². The highest BCUT2D eigenvalue weighted by Crippen LogP contribution is 2.35. The monoisotopic (exact) mass is 426 g/mol. The summed E-state index contributed by atoms with van der Waals surface area (Å²) < 4.78 is 13.6. The van der Waals surface area contributed by atoms with Gasteiger partial charge in [-0.1, -0.05) is 59.6 Å². The Labute approximate surface area is 176 Å². The maximum absolute atomic E-state index is 13.6. The molecule has 0 spiro atoms. The lowest BCUT2D eigenvalue weighted by Gasteiger charge is -2.16. The van der Waals surface area contributed by atoms with E-state index in [0.29, 0.717) is 21.3 Å². The van der Waals surface area contributed by atoms with E-state index < -0.39 is 17.6 Å². The molecule has 1 aliphatic heterocycles. The molecule has 0 saturated carbocycles. The Bertz CT molecular complexity index is 1140. The van der Waals surface area contributed by atoms with Gasteiger partial charge in [0, 0.05) is 15.7 Å². The van der Waals surface area contributed by atoms with Gasteiger partial charge in [0.05, 0.1) is 11.3 Å². The van der Waals surface area contributed by atoms with Crippen molar-refractivity contribution >= 4 is 52.0 Å². The Morgan fingerprint density at radius 3 is 2.14 bits per heavy atom. The first-order chi connectivity index (χ1) is 13.9. The van der Waals surface area contributed by atoms with E-state index in [0.717, 1.165) is 4.90 Å². The minimum atomic E-state index is -0.587. The zero-order valence-corrected chi connectivity index (χ0v) is 16.3. The molecule has 144 valence electrons. The van der Waals surface area contributed by atoms with Gasteiger partial charge in [-0.05, 0) is 42.0 Å². The molecule has 1 heterocycles. The van der Waals surface area contributed by atoms with Crippen LogP contribution in [0.2, 0.25) is 10.0 Å². The summed E-state index contributed by atoms with van der Waals surface area (Å²) in [7, 11) is 0. The maximum Gasteiger partial charge on any atom is 0.282 e. The van der Waals surface area contributed by atoms with Gasteiger partial charge in [0.15, 0.2) is 0 Å². The second kappa shape index (κ2) is 7.70. The molecule has 0 fully saturated rings. The summed E-state index contributed by atoms with van der Waals surface area (Å²) in [6, 6.07) is 18.9. The maximum atomic E-state index is 13.6. The van der Waals surface area contributed by atoms with Crippen molar-refractivity contribution in [1.29, 1.82) is 0 Å². The third-order valence-electron chi connectivity index (χ3n) is 4.35. The van der Waals surface area contributed by atoms with Crippen LogP contribution in [0.5, 0.6) is 0 Å². The van der Waals surface area contributed by atoms with Crippen LogP contribution in [-0.2, 0) is 9.59 Å². The summed E-state index contributed by atoms with van der Waals surface area (Å²) in [6.07, 6.45) is 0. The first kappa shape index (κ1) is 19.2. The van der Waals surface area contributed by atoms with Crippen LogP contribution in [0.15, 0.2) is 78.5 Å². The van der Waals surface area contributed by atoms with Crippen LogP contribution in [0.4, 0.5) is 15.8 Å². The highest BCUT2D eigenvalue weighted by Gasteiger charge is 2.40. The molecule has 0 radical (unpaired) electrons. The SMILES string of the molecule is O=C1C(Nc2cccc(F)c2)=C(c2ccccc2)C(=O)N1c1cc(Cl)cc(Cl)c1. The van der Waals surface area contributed by atoms with Gasteiger partial charge in [-0.2, -0.15) is 0 Å². The molecule has 0 bridgehead atoms. The number of carbonyl (C=O) groups is 2. The molecule has 4 rings (SSSR count). The lowest BCUT2D eigenvalue weighted by molar-refractivity contribution is -0.120. The number of benzene rings is 3. The number of carbonyl (C=O) groups excluding carboxylic acids is 2. The van der Waals surface area contributed by atoms with E-state index in [9.17, 15) is 14.0 Å². The fourth-order valence-corrected chi connectivity index (χ4v) is 3.65. The second-order valence-corrected chi connectivity index (χ2v) is 7.20. The van der Waals surface area contributed by atoms with E-state index in [2.05, 4.69) is 5.32 Å². The Kier molecular flexibility index (Phi) is 5.09. The molecular weight excluding hydrogens is 414 g/mol.